The van der Waals surface area contributed by atoms with Gasteiger partial charge in [-0.15, -0.1) is 0 Å². The fourth-order valence-corrected chi connectivity index (χ4v) is 1.90. The van der Waals surface area contributed by atoms with Crippen LogP contribution in [0.2, 0.25) is 0 Å². The average Bonchev–Trinajstić information content (AvgIpc) is 2.46. The number of ether oxygens (including phenoxy) is 1. The second-order valence-electron chi connectivity index (χ2n) is 4.86. The van der Waals surface area contributed by atoms with Crippen molar-refractivity contribution >= 4 is 11.9 Å². The van der Waals surface area contributed by atoms with Gasteiger partial charge in [-0.3, -0.25) is 14.5 Å². The fraction of sp³-hybridized carbons (Fsp3) is 0.467. The molecule has 0 unspecified atom stereocenters. The summed E-state index contributed by atoms with van der Waals surface area (Å²) in [7, 11) is 3.48. The summed E-state index contributed by atoms with van der Waals surface area (Å²) < 4.78 is 5.10. The number of hydrogen-bond donors (Lipinski definition) is 2. The third-order valence-corrected chi connectivity index (χ3v) is 3.01. The van der Waals surface area contributed by atoms with Gasteiger partial charge >= 0.3 is 5.97 Å². The third kappa shape index (κ3) is 7.31. The Kier molecular flexibility index (Phi) is 7.25. The van der Waals surface area contributed by atoms with Crippen molar-refractivity contribution < 1.29 is 19.4 Å². The predicted octanol–water partition coefficient (Wildman–Crippen LogP) is 0.760. The summed E-state index contributed by atoms with van der Waals surface area (Å²) in [5.41, 5.74) is 1.22. The van der Waals surface area contributed by atoms with Crippen molar-refractivity contribution in [2.45, 2.75) is 12.8 Å². The molecule has 0 fully saturated rings. The Bertz CT molecular complexity index is 459. The lowest BCUT2D eigenvalue weighted by Gasteiger charge is -2.15. The molecule has 1 aromatic rings. The summed E-state index contributed by atoms with van der Waals surface area (Å²) in [6.07, 6.45) is 1.85. The second kappa shape index (κ2) is 8.97. The number of aliphatic carboxylic acids is 1. The van der Waals surface area contributed by atoms with Crippen molar-refractivity contribution in [1.82, 2.24) is 10.2 Å². The number of aryl methyl sites for hydroxylation is 1. The molecule has 6 heteroatoms. The lowest BCUT2D eigenvalue weighted by atomic mass is 10.1. The van der Waals surface area contributed by atoms with E-state index in [1.54, 1.807) is 7.11 Å². The Balaban J connectivity index is 2.21. The number of nitrogens with zero attached hydrogens (tertiary/aromatic N) is 1. The van der Waals surface area contributed by atoms with E-state index in [0.29, 0.717) is 0 Å². The standard InChI is InChI=1S/C15H22N2O4/c1-17(11-14(18)16-10-15(19)20)9-3-4-12-5-7-13(21-2)8-6-12/h5-8H,3-4,9-11H2,1-2H3,(H,16,18)(H,19,20). The van der Waals surface area contributed by atoms with Gasteiger partial charge in [0.15, 0.2) is 0 Å². The molecule has 0 saturated carbocycles. The summed E-state index contributed by atoms with van der Waals surface area (Å²) in [5, 5.41) is 10.8. The first-order chi connectivity index (χ1) is 10.0. The molecule has 1 rings (SSSR count). The van der Waals surface area contributed by atoms with Gasteiger partial charge in [0.25, 0.3) is 0 Å². The highest BCUT2D eigenvalue weighted by molar-refractivity contribution is 5.82. The molecule has 2 N–H and O–H groups in total. The number of carboxylic acids is 1. The lowest BCUT2D eigenvalue weighted by molar-refractivity contribution is -0.138. The van der Waals surface area contributed by atoms with Crippen LogP contribution in [0.3, 0.4) is 0 Å². The number of carbonyl (C=O) groups is 2. The predicted molar refractivity (Wildman–Crippen MR) is 79.5 cm³/mol. The van der Waals surface area contributed by atoms with E-state index in [0.717, 1.165) is 25.1 Å². The number of hydrogen-bond acceptors (Lipinski definition) is 4. The number of benzene rings is 1. The van der Waals surface area contributed by atoms with Crippen molar-refractivity contribution in [3.05, 3.63) is 29.8 Å². The Hall–Kier alpha value is -2.08. The topological polar surface area (TPSA) is 78.9 Å². The Labute approximate surface area is 124 Å². The zero-order chi connectivity index (χ0) is 15.7. The molecule has 0 heterocycles. The fourth-order valence-electron chi connectivity index (χ4n) is 1.90. The average molecular weight is 294 g/mol. The van der Waals surface area contributed by atoms with Gasteiger partial charge in [-0.2, -0.15) is 0 Å². The molecular formula is C15H22N2O4. The van der Waals surface area contributed by atoms with Gasteiger partial charge in [-0.25, -0.2) is 0 Å². The summed E-state index contributed by atoms with van der Waals surface area (Å²) in [6.45, 7) is 0.640. The van der Waals surface area contributed by atoms with E-state index in [1.165, 1.54) is 5.56 Å². The van der Waals surface area contributed by atoms with E-state index < -0.39 is 5.97 Å². The van der Waals surface area contributed by atoms with Crippen LogP contribution in [0, 0.1) is 0 Å². The molecule has 0 bridgehead atoms. The van der Waals surface area contributed by atoms with Crippen LogP contribution in [0.25, 0.3) is 0 Å². The number of carboxylic acid groups (broad SMARTS) is 1. The third-order valence-electron chi connectivity index (χ3n) is 3.01. The number of methoxy groups -OCH3 is 1. The van der Waals surface area contributed by atoms with E-state index in [4.69, 9.17) is 9.84 Å². The number of carbonyl (C=O) groups excluding carboxylic acids is 1. The van der Waals surface area contributed by atoms with Crippen molar-refractivity contribution in [3.8, 4) is 5.75 Å². The van der Waals surface area contributed by atoms with E-state index >= 15 is 0 Å². The molecule has 0 atom stereocenters. The molecule has 21 heavy (non-hydrogen) atoms. The van der Waals surface area contributed by atoms with Crippen LogP contribution in [0.15, 0.2) is 24.3 Å². The molecule has 0 aromatic heterocycles. The number of likely N-dealkylation sites (N-methyl/N-ethyl adjacent to an activating group) is 1. The van der Waals surface area contributed by atoms with Gasteiger partial charge in [-0.1, -0.05) is 12.1 Å². The molecule has 0 aliphatic rings. The van der Waals surface area contributed by atoms with Gasteiger partial charge in [-0.05, 0) is 44.1 Å². The molecule has 0 spiro atoms. The minimum Gasteiger partial charge on any atom is -0.497 e. The highest BCUT2D eigenvalue weighted by Crippen LogP contribution is 2.12. The molecule has 0 aliphatic heterocycles. The maximum atomic E-state index is 11.4. The van der Waals surface area contributed by atoms with Crippen molar-refractivity contribution in [2.24, 2.45) is 0 Å². The van der Waals surface area contributed by atoms with Crippen LogP contribution in [-0.2, 0) is 16.0 Å². The van der Waals surface area contributed by atoms with Crippen LogP contribution in [0.5, 0.6) is 5.75 Å². The van der Waals surface area contributed by atoms with Gasteiger partial charge in [0.2, 0.25) is 5.91 Å². The van der Waals surface area contributed by atoms with E-state index in [9.17, 15) is 9.59 Å². The zero-order valence-electron chi connectivity index (χ0n) is 12.5. The largest absolute Gasteiger partial charge is 0.497 e. The van der Waals surface area contributed by atoms with Crippen LogP contribution >= 0.6 is 0 Å². The Morgan fingerprint density at radius 1 is 1.29 bits per heavy atom. The van der Waals surface area contributed by atoms with Gasteiger partial charge in [0, 0.05) is 0 Å². The van der Waals surface area contributed by atoms with E-state index in [-0.39, 0.29) is 19.0 Å². The molecule has 0 aliphatic carbocycles. The SMILES string of the molecule is COc1ccc(CCCN(C)CC(=O)NCC(=O)O)cc1. The Morgan fingerprint density at radius 3 is 2.52 bits per heavy atom. The summed E-state index contributed by atoms with van der Waals surface area (Å²) in [5.74, 6) is -0.471. The molecule has 1 amide bonds. The summed E-state index contributed by atoms with van der Waals surface area (Å²) >= 11 is 0. The minimum atomic E-state index is -1.04. The second-order valence-corrected chi connectivity index (χ2v) is 4.86. The van der Waals surface area contributed by atoms with Crippen molar-refractivity contribution in [2.75, 3.05) is 33.8 Å². The monoisotopic (exact) mass is 294 g/mol. The van der Waals surface area contributed by atoms with E-state index in [2.05, 4.69) is 5.32 Å². The van der Waals surface area contributed by atoms with Gasteiger partial charge in [0.05, 0.1) is 13.7 Å². The maximum absolute atomic E-state index is 11.4. The van der Waals surface area contributed by atoms with Gasteiger partial charge < -0.3 is 15.2 Å². The first kappa shape index (κ1) is 17.0. The first-order valence-electron chi connectivity index (χ1n) is 6.81. The quantitative estimate of drug-likeness (QED) is 0.703. The molecule has 116 valence electrons. The smallest absolute Gasteiger partial charge is 0.322 e. The number of amides is 1. The Morgan fingerprint density at radius 2 is 1.95 bits per heavy atom. The molecule has 0 saturated heterocycles. The van der Waals surface area contributed by atoms with E-state index in [1.807, 2.05) is 36.2 Å². The van der Waals surface area contributed by atoms with Crippen molar-refractivity contribution in [1.29, 1.82) is 0 Å². The highest BCUT2D eigenvalue weighted by Gasteiger charge is 2.07. The van der Waals surface area contributed by atoms with Crippen LogP contribution in [-0.4, -0.2) is 55.7 Å². The van der Waals surface area contributed by atoms with Gasteiger partial charge in [0.1, 0.15) is 12.3 Å². The van der Waals surface area contributed by atoms with Crippen LogP contribution < -0.4 is 10.1 Å². The van der Waals surface area contributed by atoms with Crippen LogP contribution in [0.4, 0.5) is 0 Å². The van der Waals surface area contributed by atoms with Crippen molar-refractivity contribution in [3.63, 3.8) is 0 Å². The summed E-state index contributed by atoms with van der Waals surface area (Å²) in [6, 6.07) is 7.91. The number of nitrogens with one attached hydrogen (secondary N) is 1. The number of rotatable bonds is 9. The first-order valence-corrected chi connectivity index (χ1v) is 6.81. The lowest BCUT2D eigenvalue weighted by Crippen LogP contribution is -2.38. The zero-order valence-corrected chi connectivity index (χ0v) is 12.5. The molecular weight excluding hydrogens is 272 g/mol. The summed E-state index contributed by atoms with van der Waals surface area (Å²) in [4.78, 5) is 23.6. The van der Waals surface area contributed by atoms with Crippen LogP contribution in [0.1, 0.15) is 12.0 Å². The highest BCUT2D eigenvalue weighted by atomic mass is 16.5. The molecule has 6 nitrogen and oxygen atoms in total. The molecule has 1 aromatic carbocycles. The molecule has 0 radical (unpaired) electrons. The minimum absolute atomic E-state index is 0.204. The normalized spacial score (nSPS) is 10.4. The maximum Gasteiger partial charge on any atom is 0.322 e.